The van der Waals surface area contributed by atoms with Gasteiger partial charge in [-0.2, -0.15) is 0 Å². The number of amides is 2. The van der Waals surface area contributed by atoms with E-state index in [1.165, 1.54) is 22.7 Å². The van der Waals surface area contributed by atoms with Crippen LogP contribution in [-0.4, -0.2) is 43.8 Å². The highest BCUT2D eigenvalue weighted by molar-refractivity contribution is 7.17. The second kappa shape index (κ2) is 8.19. The van der Waals surface area contributed by atoms with Crippen molar-refractivity contribution in [2.75, 3.05) is 10.6 Å². The standard InChI is InChI=1S/C19H20N8O2S2/c1-9-22-14(26-18-20-7-12(30-18)16(28)24-10-2-3-10)6-15(23-9)27-19-21-8-13(31-19)17(29)25-11-4-5-11/h6-8,10-11H,2-5H2,1H3,(H,24,28)(H,25,29)(H2,20,21,22,23,26,27). The summed E-state index contributed by atoms with van der Waals surface area (Å²) in [5.74, 6) is 1.45. The van der Waals surface area contributed by atoms with E-state index in [4.69, 9.17) is 0 Å². The van der Waals surface area contributed by atoms with Crippen molar-refractivity contribution in [3.8, 4) is 0 Å². The molecule has 31 heavy (non-hydrogen) atoms. The Morgan fingerprint density at radius 1 is 0.839 bits per heavy atom. The van der Waals surface area contributed by atoms with Gasteiger partial charge < -0.3 is 21.3 Å². The molecule has 0 spiro atoms. The Kier molecular flexibility index (Phi) is 5.24. The fraction of sp³-hybridized carbons (Fsp3) is 0.368. The average Bonchev–Trinajstić information content (AvgIpc) is 3.62. The molecule has 3 heterocycles. The first kappa shape index (κ1) is 19.8. The first-order chi connectivity index (χ1) is 15.0. The Bertz CT molecular complexity index is 1050. The molecule has 160 valence electrons. The lowest BCUT2D eigenvalue weighted by molar-refractivity contribution is 0.0946. The van der Waals surface area contributed by atoms with E-state index in [2.05, 4.69) is 41.2 Å². The fourth-order valence-electron chi connectivity index (χ4n) is 2.76. The lowest BCUT2D eigenvalue weighted by Gasteiger charge is -2.07. The largest absolute Gasteiger partial charge is 0.349 e. The van der Waals surface area contributed by atoms with Gasteiger partial charge in [-0.05, 0) is 32.6 Å². The fourth-order valence-corrected chi connectivity index (χ4v) is 4.21. The minimum atomic E-state index is -0.0976. The van der Waals surface area contributed by atoms with Crippen LogP contribution in [0.2, 0.25) is 0 Å². The Labute approximate surface area is 186 Å². The van der Waals surface area contributed by atoms with Crippen LogP contribution in [0.3, 0.4) is 0 Å². The van der Waals surface area contributed by atoms with E-state index in [1.54, 1.807) is 25.4 Å². The molecular weight excluding hydrogens is 436 g/mol. The number of aromatic nitrogens is 4. The van der Waals surface area contributed by atoms with Crippen LogP contribution in [0.5, 0.6) is 0 Å². The summed E-state index contributed by atoms with van der Waals surface area (Å²) < 4.78 is 0. The molecule has 2 fully saturated rings. The minimum Gasteiger partial charge on any atom is -0.349 e. The Morgan fingerprint density at radius 3 is 1.71 bits per heavy atom. The Morgan fingerprint density at radius 2 is 1.29 bits per heavy atom. The summed E-state index contributed by atoms with van der Waals surface area (Å²) in [7, 11) is 0. The maximum Gasteiger partial charge on any atom is 0.263 e. The first-order valence-electron chi connectivity index (χ1n) is 9.95. The zero-order valence-electron chi connectivity index (χ0n) is 16.6. The predicted octanol–water partition coefficient (Wildman–Crippen LogP) is 2.97. The topological polar surface area (TPSA) is 134 Å². The van der Waals surface area contributed by atoms with E-state index in [1.807, 2.05) is 0 Å². The number of aryl methyl sites for hydroxylation is 1. The summed E-state index contributed by atoms with van der Waals surface area (Å²) in [5, 5.41) is 13.3. The highest BCUT2D eigenvalue weighted by atomic mass is 32.1. The number of anilines is 4. The molecule has 2 aliphatic carbocycles. The number of thiazole rings is 2. The van der Waals surface area contributed by atoms with Crippen LogP contribution in [0.15, 0.2) is 18.5 Å². The highest BCUT2D eigenvalue weighted by Gasteiger charge is 2.25. The molecule has 0 radical (unpaired) electrons. The molecule has 3 aromatic heterocycles. The van der Waals surface area contributed by atoms with Gasteiger partial charge in [-0.3, -0.25) is 9.59 Å². The molecule has 0 saturated heterocycles. The quantitative estimate of drug-likeness (QED) is 0.406. The third-order valence-corrected chi connectivity index (χ3v) is 6.42. The zero-order valence-corrected chi connectivity index (χ0v) is 18.3. The van der Waals surface area contributed by atoms with Crippen molar-refractivity contribution in [3.05, 3.63) is 34.0 Å². The van der Waals surface area contributed by atoms with Crippen molar-refractivity contribution < 1.29 is 9.59 Å². The SMILES string of the molecule is Cc1nc(Nc2ncc(C(=O)NC3CC3)s2)cc(Nc2ncc(C(=O)NC3CC3)s2)n1. The number of nitrogens with zero attached hydrogens (tertiary/aromatic N) is 4. The van der Waals surface area contributed by atoms with Crippen molar-refractivity contribution >= 4 is 56.4 Å². The van der Waals surface area contributed by atoms with E-state index in [-0.39, 0.29) is 11.8 Å². The molecule has 0 aliphatic heterocycles. The van der Waals surface area contributed by atoms with E-state index in [0.29, 0.717) is 49.6 Å². The Hall–Kier alpha value is -3.12. The van der Waals surface area contributed by atoms with Gasteiger partial charge in [0, 0.05) is 18.2 Å². The van der Waals surface area contributed by atoms with Crippen LogP contribution >= 0.6 is 22.7 Å². The van der Waals surface area contributed by atoms with E-state index in [9.17, 15) is 9.59 Å². The van der Waals surface area contributed by atoms with Gasteiger partial charge in [0.2, 0.25) is 0 Å². The first-order valence-corrected chi connectivity index (χ1v) is 11.6. The highest BCUT2D eigenvalue weighted by Crippen LogP contribution is 2.27. The number of hydrogen-bond acceptors (Lipinski definition) is 10. The van der Waals surface area contributed by atoms with Gasteiger partial charge in [0.15, 0.2) is 10.3 Å². The maximum atomic E-state index is 12.1. The number of carbonyl (C=O) groups is 2. The molecular formula is C19H20N8O2S2. The predicted molar refractivity (Wildman–Crippen MR) is 119 cm³/mol. The van der Waals surface area contributed by atoms with Gasteiger partial charge in [0.1, 0.15) is 27.2 Å². The number of nitrogens with one attached hydrogen (secondary N) is 4. The monoisotopic (exact) mass is 456 g/mol. The Balaban J connectivity index is 1.25. The molecule has 3 aromatic rings. The summed E-state index contributed by atoms with van der Waals surface area (Å²) in [6, 6.07) is 2.33. The van der Waals surface area contributed by atoms with Gasteiger partial charge >= 0.3 is 0 Å². The van der Waals surface area contributed by atoms with Crippen LogP contribution in [-0.2, 0) is 0 Å². The second-order valence-electron chi connectivity index (χ2n) is 7.49. The van der Waals surface area contributed by atoms with Crippen LogP contribution in [0.1, 0.15) is 50.9 Å². The van der Waals surface area contributed by atoms with E-state index >= 15 is 0 Å². The van der Waals surface area contributed by atoms with Crippen molar-refractivity contribution in [1.29, 1.82) is 0 Å². The van der Waals surface area contributed by atoms with Crippen molar-refractivity contribution in [1.82, 2.24) is 30.6 Å². The average molecular weight is 457 g/mol. The lowest BCUT2D eigenvalue weighted by atomic mass is 10.5. The van der Waals surface area contributed by atoms with Crippen molar-refractivity contribution in [2.24, 2.45) is 0 Å². The molecule has 12 heteroatoms. The van der Waals surface area contributed by atoms with Gasteiger partial charge in [0.05, 0.1) is 12.4 Å². The van der Waals surface area contributed by atoms with Gasteiger partial charge in [-0.1, -0.05) is 22.7 Å². The molecule has 2 amide bonds. The molecule has 0 bridgehead atoms. The third-order valence-electron chi connectivity index (χ3n) is 4.59. The molecule has 5 rings (SSSR count). The zero-order chi connectivity index (χ0) is 21.4. The molecule has 0 aromatic carbocycles. The minimum absolute atomic E-state index is 0.0976. The summed E-state index contributed by atoms with van der Waals surface area (Å²) >= 11 is 2.54. The van der Waals surface area contributed by atoms with Crippen LogP contribution in [0.4, 0.5) is 21.9 Å². The normalized spacial score (nSPS) is 15.4. The number of rotatable bonds is 8. The second-order valence-corrected chi connectivity index (χ2v) is 9.55. The van der Waals surface area contributed by atoms with Crippen molar-refractivity contribution in [2.45, 2.75) is 44.7 Å². The van der Waals surface area contributed by atoms with Crippen LogP contribution in [0.25, 0.3) is 0 Å². The van der Waals surface area contributed by atoms with E-state index in [0.717, 1.165) is 25.7 Å². The summed E-state index contributed by atoms with van der Waals surface area (Å²) in [6.45, 7) is 1.78. The van der Waals surface area contributed by atoms with Crippen LogP contribution in [0, 0.1) is 6.92 Å². The van der Waals surface area contributed by atoms with Crippen LogP contribution < -0.4 is 21.3 Å². The smallest absolute Gasteiger partial charge is 0.263 e. The van der Waals surface area contributed by atoms with Gasteiger partial charge in [0.25, 0.3) is 11.8 Å². The molecule has 2 saturated carbocycles. The number of hydrogen-bond donors (Lipinski definition) is 4. The number of carbonyl (C=O) groups excluding carboxylic acids is 2. The van der Waals surface area contributed by atoms with Crippen molar-refractivity contribution in [3.63, 3.8) is 0 Å². The summed E-state index contributed by atoms with van der Waals surface area (Å²) in [5.41, 5.74) is 0. The molecule has 2 aliphatic rings. The summed E-state index contributed by atoms with van der Waals surface area (Å²) in [6.07, 6.45) is 7.27. The molecule has 0 unspecified atom stereocenters. The van der Waals surface area contributed by atoms with E-state index < -0.39 is 0 Å². The summed E-state index contributed by atoms with van der Waals surface area (Å²) in [4.78, 5) is 42.7. The molecule has 4 N–H and O–H groups in total. The lowest BCUT2D eigenvalue weighted by Crippen LogP contribution is -2.24. The molecule has 10 nitrogen and oxygen atoms in total. The van der Waals surface area contributed by atoms with Gasteiger partial charge in [-0.15, -0.1) is 0 Å². The maximum absolute atomic E-state index is 12.1. The van der Waals surface area contributed by atoms with Gasteiger partial charge in [-0.25, -0.2) is 19.9 Å². The third kappa shape index (κ3) is 5.14. The molecule has 0 atom stereocenters.